The van der Waals surface area contributed by atoms with E-state index in [1.807, 2.05) is 0 Å². The molecule has 0 saturated carbocycles. The van der Waals surface area contributed by atoms with Crippen molar-refractivity contribution in [2.75, 3.05) is 6.61 Å². The molecule has 0 bridgehead atoms. The Bertz CT molecular complexity index is 327. The topological polar surface area (TPSA) is 149 Å². The summed E-state index contributed by atoms with van der Waals surface area (Å²) in [5.41, 5.74) is 0. The van der Waals surface area contributed by atoms with Crippen molar-refractivity contribution in [2.45, 2.75) is 62.2 Å². The van der Waals surface area contributed by atoms with E-state index in [0.717, 1.165) is 0 Å². The van der Waals surface area contributed by atoms with Crippen LogP contribution in [0.4, 0.5) is 0 Å². The van der Waals surface area contributed by atoms with Gasteiger partial charge in [0.15, 0.2) is 12.6 Å². The molecule has 2 rings (SSSR count). The van der Waals surface area contributed by atoms with E-state index in [2.05, 4.69) is 0 Å². The van der Waals surface area contributed by atoms with Gasteiger partial charge in [-0.1, -0.05) is 0 Å². The predicted octanol–water partition coefficient (Wildman–Crippen LogP) is -3.73. The fraction of sp³-hybridized carbons (Fsp3) is 1.00. The fourth-order valence-corrected chi connectivity index (χ4v) is 2.21. The van der Waals surface area contributed by atoms with Gasteiger partial charge in [-0.3, -0.25) is 0 Å². The summed E-state index contributed by atoms with van der Waals surface area (Å²) >= 11 is 0. The van der Waals surface area contributed by atoms with Crippen molar-refractivity contribution < 1.29 is 44.8 Å². The molecule has 2 aliphatic heterocycles. The van der Waals surface area contributed by atoms with Crippen LogP contribution in [0.2, 0.25) is 0 Å². The van der Waals surface area contributed by atoms with Crippen LogP contribution in [0.5, 0.6) is 0 Å². The molecule has 0 radical (unpaired) electrons. The monoisotopic (exact) mass is 296 g/mol. The second kappa shape index (κ2) is 6.18. The quantitative estimate of drug-likeness (QED) is 0.302. The minimum absolute atomic E-state index is 0.256. The molecule has 2 heterocycles. The van der Waals surface area contributed by atoms with Crippen molar-refractivity contribution in [1.29, 1.82) is 0 Å². The fourth-order valence-electron chi connectivity index (χ4n) is 2.21. The predicted molar refractivity (Wildman–Crippen MR) is 61.2 cm³/mol. The minimum Gasteiger partial charge on any atom is -0.388 e. The lowest BCUT2D eigenvalue weighted by Crippen LogP contribution is -2.61. The molecule has 9 heteroatoms. The Kier molecular flexibility index (Phi) is 4.95. The first-order valence-electron chi connectivity index (χ1n) is 6.34. The zero-order valence-electron chi connectivity index (χ0n) is 10.8. The van der Waals surface area contributed by atoms with Crippen LogP contribution in [0, 0.1) is 0 Å². The number of hydrogen-bond acceptors (Lipinski definition) is 9. The maximum absolute atomic E-state index is 9.77. The van der Waals surface area contributed by atoms with Gasteiger partial charge in [0, 0.05) is 0 Å². The summed E-state index contributed by atoms with van der Waals surface area (Å²) < 4.78 is 15.2. The van der Waals surface area contributed by atoms with Gasteiger partial charge < -0.3 is 44.8 Å². The molecule has 0 spiro atoms. The second-order valence-corrected chi connectivity index (χ2v) is 5.06. The molecule has 2 fully saturated rings. The summed E-state index contributed by atoms with van der Waals surface area (Å²) in [6.07, 6.45) is -12.1. The lowest BCUT2D eigenvalue weighted by molar-refractivity contribution is -0.348. The molecule has 2 aliphatic rings. The summed E-state index contributed by atoms with van der Waals surface area (Å²) in [7, 11) is 0. The second-order valence-electron chi connectivity index (χ2n) is 5.06. The summed E-state index contributed by atoms with van der Waals surface area (Å²) in [4.78, 5) is 0. The number of rotatable bonds is 2. The maximum Gasteiger partial charge on any atom is 0.187 e. The van der Waals surface area contributed by atoms with Gasteiger partial charge in [-0.15, -0.1) is 0 Å². The SMILES string of the molecule is C[C@@H]1O[C@@H](O[C@@H]2[C@@H](O)[C@H](O)CO[C@H]2O)[C@H](O)[C@H](O)[C@H]1O. The van der Waals surface area contributed by atoms with Gasteiger partial charge in [0.05, 0.1) is 12.7 Å². The van der Waals surface area contributed by atoms with E-state index in [4.69, 9.17) is 14.2 Å². The number of aliphatic hydroxyl groups excluding tert-OH is 6. The molecular weight excluding hydrogens is 276 g/mol. The highest BCUT2D eigenvalue weighted by Crippen LogP contribution is 2.26. The first-order chi connectivity index (χ1) is 9.32. The third-order valence-electron chi connectivity index (χ3n) is 3.55. The molecule has 0 aromatic heterocycles. The van der Waals surface area contributed by atoms with Crippen molar-refractivity contribution >= 4 is 0 Å². The van der Waals surface area contributed by atoms with E-state index >= 15 is 0 Å². The number of hydrogen-bond donors (Lipinski definition) is 6. The number of ether oxygens (including phenoxy) is 3. The first kappa shape index (κ1) is 16.0. The largest absolute Gasteiger partial charge is 0.388 e. The van der Waals surface area contributed by atoms with Gasteiger partial charge in [-0.2, -0.15) is 0 Å². The molecule has 9 nitrogen and oxygen atoms in total. The average molecular weight is 296 g/mol. The van der Waals surface area contributed by atoms with Crippen LogP contribution in [0.1, 0.15) is 6.92 Å². The Morgan fingerprint density at radius 2 is 1.55 bits per heavy atom. The van der Waals surface area contributed by atoms with E-state index in [1.165, 1.54) is 6.92 Å². The highest BCUT2D eigenvalue weighted by molar-refractivity contribution is 4.90. The first-order valence-corrected chi connectivity index (χ1v) is 6.34. The Morgan fingerprint density at radius 1 is 0.900 bits per heavy atom. The van der Waals surface area contributed by atoms with E-state index in [0.29, 0.717) is 0 Å². The molecule has 20 heavy (non-hydrogen) atoms. The van der Waals surface area contributed by atoms with Gasteiger partial charge >= 0.3 is 0 Å². The van der Waals surface area contributed by atoms with Crippen LogP contribution < -0.4 is 0 Å². The molecule has 0 amide bonds. The van der Waals surface area contributed by atoms with Gasteiger partial charge in [-0.05, 0) is 6.92 Å². The molecule has 0 unspecified atom stereocenters. The molecule has 6 N–H and O–H groups in total. The van der Waals surface area contributed by atoms with E-state index < -0.39 is 55.3 Å². The van der Waals surface area contributed by atoms with Gasteiger partial charge in [0.25, 0.3) is 0 Å². The lowest BCUT2D eigenvalue weighted by atomic mass is 9.99. The summed E-state index contributed by atoms with van der Waals surface area (Å²) in [6.45, 7) is 1.21. The Labute approximate surface area is 114 Å². The lowest BCUT2D eigenvalue weighted by Gasteiger charge is -2.43. The van der Waals surface area contributed by atoms with Crippen LogP contribution in [-0.2, 0) is 14.2 Å². The zero-order chi connectivity index (χ0) is 15.0. The van der Waals surface area contributed by atoms with Crippen molar-refractivity contribution in [2.24, 2.45) is 0 Å². The molecular formula is C11H20O9. The summed E-state index contributed by atoms with van der Waals surface area (Å²) in [5, 5.41) is 57.7. The Balaban J connectivity index is 2.04. The molecule has 0 aliphatic carbocycles. The van der Waals surface area contributed by atoms with E-state index in [-0.39, 0.29) is 6.61 Å². The Morgan fingerprint density at radius 3 is 2.20 bits per heavy atom. The Hall–Kier alpha value is -0.360. The standard InChI is InChI=1S/C11H20O9/c1-3-5(13)7(15)8(16)11(19-3)20-9-6(14)4(12)2-18-10(9)17/h3-17H,2H2,1H3/t3-,4+,5-,6-,7+,8+,9+,10+,11-/m0/s1. The van der Waals surface area contributed by atoms with Crippen LogP contribution >= 0.6 is 0 Å². The molecule has 118 valence electrons. The summed E-state index contributed by atoms with van der Waals surface area (Å²) in [5.74, 6) is 0. The molecule has 0 aromatic carbocycles. The molecule has 2 saturated heterocycles. The third-order valence-corrected chi connectivity index (χ3v) is 3.55. The van der Waals surface area contributed by atoms with Crippen molar-refractivity contribution in [3.8, 4) is 0 Å². The summed E-state index contributed by atoms with van der Waals surface area (Å²) in [6, 6.07) is 0. The van der Waals surface area contributed by atoms with Crippen LogP contribution in [0.25, 0.3) is 0 Å². The van der Waals surface area contributed by atoms with Crippen molar-refractivity contribution in [1.82, 2.24) is 0 Å². The maximum atomic E-state index is 9.77. The third kappa shape index (κ3) is 2.96. The highest BCUT2D eigenvalue weighted by atomic mass is 16.7. The smallest absolute Gasteiger partial charge is 0.187 e. The number of aliphatic hydroxyl groups is 6. The minimum atomic E-state index is -1.57. The van der Waals surface area contributed by atoms with Crippen LogP contribution in [0.3, 0.4) is 0 Å². The van der Waals surface area contributed by atoms with Crippen LogP contribution in [-0.4, -0.2) is 92.6 Å². The van der Waals surface area contributed by atoms with Gasteiger partial charge in [-0.25, -0.2) is 0 Å². The van der Waals surface area contributed by atoms with Crippen molar-refractivity contribution in [3.63, 3.8) is 0 Å². The van der Waals surface area contributed by atoms with Gasteiger partial charge in [0.1, 0.15) is 36.6 Å². The highest BCUT2D eigenvalue weighted by Gasteiger charge is 2.47. The average Bonchev–Trinajstić information content (AvgIpc) is 2.42. The zero-order valence-corrected chi connectivity index (χ0v) is 10.8. The molecule has 0 aromatic rings. The van der Waals surface area contributed by atoms with Crippen molar-refractivity contribution in [3.05, 3.63) is 0 Å². The van der Waals surface area contributed by atoms with Crippen LogP contribution in [0.15, 0.2) is 0 Å². The van der Waals surface area contributed by atoms with E-state index in [1.54, 1.807) is 0 Å². The molecule has 9 atom stereocenters. The van der Waals surface area contributed by atoms with E-state index in [9.17, 15) is 30.6 Å². The normalized spacial score (nSPS) is 53.9. The van der Waals surface area contributed by atoms with Gasteiger partial charge in [0.2, 0.25) is 0 Å².